The highest BCUT2D eigenvalue weighted by Crippen LogP contribution is 2.39. The lowest BCUT2D eigenvalue weighted by Crippen LogP contribution is -2.30. The number of aryl methyl sites for hydroxylation is 1. The maximum absolute atomic E-state index is 14.3. The normalized spacial score (nSPS) is 13.1. The maximum atomic E-state index is 14.3. The number of hydrogen-bond acceptors (Lipinski definition) is 7. The Bertz CT molecular complexity index is 2170. The third-order valence-electron chi connectivity index (χ3n) is 10.4. The van der Waals surface area contributed by atoms with E-state index in [0.29, 0.717) is 36.3 Å². The lowest BCUT2D eigenvalue weighted by Gasteiger charge is -2.27. The molecule has 1 aromatic heterocycles. The molecule has 53 heavy (non-hydrogen) atoms. The van der Waals surface area contributed by atoms with Crippen LogP contribution >= 0.6 is 0 Å². The molecule has 0 aliphatic carbocycles. The van der Waals surface area contributed by atoms with Crippen LogP contribution < -0.4 is 9.47 Å². The monoisotopic (exact) mass is 713 g/mol. The van der Waals surface area contributed by atoms with Gasteiger partial charge in [0.15, 0.2) is 23.0 Å². The van der Waals surface area contributed by atoms with Gasteiger partial charge in [-0.05, 0) is 112 Å². The first kappa shape index (κ1) is 37.0. The minimum Gasteiger partial charge on any atom is -0.508 e. The highest BCUT2D eigenvalue weighted by molar-refractivity contribution is 5.88. The van der Waals surface area contributed by atoms with Crippen molar-refractivity contribution >= 4 is 16.6 Å². The molecule has 8 heteroatoms. The van der Waals surface area contributed by atoms with Crippen molar-refractivity contribution in [1.29, 1.82) is 0 Å². The summed E-state index contributed by atoms with van der Waals surface area (Å²) in [7, 11) is 3.03. The molecule has 3 atom stereocenters. The zero-order valence-corrected chi connectivity index (χ0v) is 30.4. The fourth-order valence-corrected chi connectivity index (χ4v) is 7.54. The lowest BCUT2D eigenvalue weighted by molar-refractivity contribution is -0.123. The number of Topliss-reactive ketones (excluding diaryl/α,β-unsaturated/α-hetero) is 1. The van der Waals surface area contributed by atoms with Crippen LogP contribution in [0.1, 0.15) is 58.2 Å². The Morgan fingerprint density at radius 2 is 1.55 bits per heavy atom. The van der Waals surface area contributed by atoms with E-state index in [9.17, 15) is 25.2 Å². The Kier molecular flexibility index (Phi) is 11.7. The van der Waals surface area contributed by atoms with Gasteiger partial charge in [0, 0.05) is 36.7 Å². The number of hydrogen-bond donors (Lipinski definition) is 5. The van der Waals surface area contributed by atoms with Crippen LogP contribution in [0.4, 0.5) is 0 Å². The number of H-pyrrole nitrogens is 1. The largest absolute Gasteiger partial charge is 0.508 e. The molecule has 0 fully saturated rings. The molecule has 0 aliphatic heterocycles. The molecule has 6 aromatic rings. The first-order valence-electron chi connectivity index (χ1n) is 18.0. The molecule has 0 aliphatic rings. The lowest BCUT2D eigenvalue weighted by atomic mass is 9.80. The van der Waals surface area contributed by atoms with Crippen LogP contribution in [0, 0.1) is 5.92 Å². The Hall–Kier alpha value is -5.73. The van der Waals surface area contributed by atoms with Crippen molar-refractivity contribution in [1.82, 2.24) is 4.98 Å². The Labute approximate surface area is 310 Å². The number of aromatic amines is 1. The second kappa shape index (κ2) is 16.7. The van der Waals surface area contributed by atoms with Crippen molar-refractivity contribution in [2.24, 2.45) is 5.92 Å². The summed E-state index contributed by atoms with van der Waals surface area (Å²) in [5.41, 5.74) is 6.52. The number of aromatic nitrogens is 1. The molecular formula is C45H47NO7. The fourth-order valence-electron chi connectivity index (χ4n) is 7.54. The van der Waals surface area contributed by atoms with E-state index in [4.69, 9.17) is 9.47 Å². The van der Waals surface area contributed by atoms with Crippen LogP contribution in [0.15, 0.2) is 109 Å². The summed E-state index contributed by atoms with van der Waals surface area (Å²) in [5.74, 6) is -0.454. The Morgan fingerprint density at radius 3 is 2.28 bits per heavy atom. The summed E-state index contributed by atoms with van der Waals surface area (Å²) in [5, 5.41) is 45.8. The molecule has 0 radical (unpaired) electrons. The number of benzene rings is 5. The summed E-state index contributed by atoms with van der Waals surface area (Å²) in [6, 6.07) is 29.7. The zero-order chi connectivity index (χ0) is 37.5. The van der Waals surface area contributed by atoms with Gasteiger partial charge in [-0.15, -0.1) is 0 Å². The number of methoxy groups -OCH3 is 2. The van der Waals surface area contributed by atoms with Gasteiger partial charge in [0.05, 0.1) is 20.3 Å². The van der Waals surface area contributed by atoms with Crippen molar-refractivity contribution < 1.29 is 34.7 Å². The van der Waals surface area contributed by atoms with Gasteiger partial charge in [-0.25, -0.2) is 0 Å². The quantitative estimate of drug-likeness (QED) is 0.0683. The third kappa shape index (κ3) is 8.50. The molecular weight excluding hydrogens is 666 g/mol. The van der Waals surface area contributed by atoms with Gasteiger partial charge >= 0.3 is 0 Å². The van der Waals surface area contributed by atoms with Gasteiger partial charge in [0.2, 0.25) is 0 Å². The molecule has 0 spiro atoms. The molecule has 6 rings (SSSR count). The molecule has 1 heterocycles. The Morgan fingerprint density at radius 1 is 0.755 bits per heavy atom. The first-order chi connectivity index (χ1) is 25.7. The van der Waals surface area contributed by atoms with Gasteiger partial charge in [-0.1, -0.05) is 67.6 Å². The number of aromatic hydroxyl groups is 3. The minimum absolute atomic E-state index is 0.00361. The standard InChI is InChI=1S/C45H47NO7/c1-4-30-13-14-31-8-5-6-11-36(31)37(30)25-39-33(15-17-41(49)45(39)53-3)23-34(20-29-18-19-46-27-29)42(50)26-43(51)38(32-9-7-10-35(47)24-32)21-28-12-16-40(48)44(22-28)52-2/h5-19,22,24,27,34,38,42,46-50H,4,20-21,23,25-26H2,1-3H3. The van der Waals surface area contributed by atoms with Crippen LogP contribution in [0.25, 0.3) is 10.8 Å². The second-order valence-electron chi connectivity index (χ2n) is 13.7. The van der Waals surface area contributed by atoms with Gasteiger partial charge in [-0.3, -0.25) is 4.79 Å². The third-order valence-corrected chi connectivity index (χ3v) is 10.4. The van der Waals surface area contributed by atoms with Crippen molar-refractivity contribution in [3.8, 4) is 28.7 Å². The summed E-state index contributed by atoms with van der Waals surface area (Å²) in [4.78, 5) is 17.4. The number of fused-ring (bicyclic) bond motifs is 1. The predicted molar refractivity (Wildman–Crippen MR) is 207 cm³/mol. The number of carbonyl (C=O) groups is 1. The van der Waals surface area contributed by atoms with E-state index in [1.165, 1.54) is 18.7 Å². The molecule has 0 saturated heterocycles. The molecule has 5 aromatic carbocycles. The van der Waals surface area contributed by atoms with E-state index in [1.54, 1.807) is 49.6 Å². The predicted octanol–water partition coefficient (Wildman–Crippen LogP) is 8.20. The van der Waals surface area contributed by atoms with Crippen LogP contribution in [-0.4, -0.2) is 51.5 Å². The number of aliphatic hydroxyl groups excluding tert-OH is 1. The van der Waals surface area contributed by atoms with Gasteiger partial charge < -0.3 is 34.9 Å². The molecule has 0 saturated carbocycles. The van der Waals surface area contributed by atoms with Crippen molar-refractivity contribution in [2.45, 2.75) is 57.5 Å². The average molecular weight is 714 g/mol. The summed E-state index contributed by atoms with van der Waals surface area (Å²) >= 11 is 0. The van der Waals surface area contributed by atoms with E-state index >= 15 is 0 Å². The van der Waals surface area contributed by atoms with E-state index in [0.717, 1.165) is 45.0 Å². The van der Waals surface area contributed by atoms with Crippen molar-refractivity contribution in [3.05, 3.63) is 148 Å². The van der Waals surface area contributed by atoms with E-state index in [-0.39, 0.29) is 41.8 Å². The van der Waals surface area contributed by atoms with Crippen molar-refractivity contribution in [3.63, 3.8) is 0 Å². The first-order valence-corrected chi connectivity index (χ1v) is 18.0. The zero-order valence-electron chi connectivity index (χ0n) is 30.4. The maximum Gasteiger partial charge on any atom is 0.164 e. The number of ether oxygens (including phenoxy) is 2. The van der Waals surface area contributed by atoms with Crippen LogP contribution in [-0.2, 0) is 36.9 Å². The number of phenolic OH excluding ortho intramolecular Hbond substituents is 3. The summed E-state index contributed by atoms with van der Waals surface area (Å²) < 4.78 is 11.2. The smallest absolute Gasteiger partial charge is 0.164 e. The summed E-state index contributed by atoms with van der Waals surface area (Å²) in [6.07, 6.45) is 5.14. The molecule has 274 valence electrons. The molecule has 0 bridgehead atoms. The molecule has 8 nitrogen and oxygen atoms in total. The SMILES string of the molecule is CCc1ccc2ccccc2c1Cc1c(CC(Cc2cc[nH]c2)C(O)CC(=O)C(Cc2ccc(O)c(OC)c2)c2cccc(O)c2)ccc(O)c1OC. The van der Waals surface area contributed by atoms with Gasteiger partial charge in [0.25, 0.3) is 0 Å². The van der Waals surface area contributed by atoms with E-state index in [2.05, 4.69) is 36.2 Å². The number of carbonyl (C=O) groups excluding carboxylic acids is 1. The molecule has 0 amide bonds. The molecule has 3 unspecified atom stereocenters. The van der Waals surface area contributed by atoms with E-state index in [1.807, 2.05) is 36.7 Å². The van der Waals surface area contributed by atoms with Crippen LogP contribution in [0.2, 0.25) is 0 Å². The van der Waals surface area contributed by atoms with Crippen LogP contribution in [0.3, 0.4) is 0 Å². The second-order valence-corrected chi connectivity index (χ2v) is 13.7. The number of rotatable bonds is 16. The topological polar surface area (TPSA) is 132 Å². The highest BCUT2D eigenvalue weighted by Gasteiger charge is 2.30. The summed E-state index contributed by atoms with van der Waals surface area (Å²) in [6.45, 7) is 2.14. The number of phenols is 3. The average Bonchev–Trinajstić information content (AvgIpc) is 3.68. The number of ketones is 1. The van der Waals surface area contributed by atoms with Crippen LogP contribution in [0.5, 0.6) is 28.7 Å². The van der Waals surface area contributed by atoms with Gasteiger partial charge in [0.1, 0.15) is 11.5 Å². The number of nitrogens with one attached hydrogen (secondary N) is 1. The van der Waals surface area contributed by atoms with E-state index < -0.39 is 12.0 Å². The molecule has 5 N–H and O–H groups in total. The number of aliphatic hydroxyl groups is 1. The fraction of sp³-hybridized carbons (Fsp3) is 0.267. The van der Waals surface area contributed by atoms with Gasteiger partial charge in [-0.2, -0.15) is 0 Å². The Balaban J connectivity index is 1.35. The highest BCUT2D eigenvalue weighted by atomic mass is 16.5. The minimum atomic E-state index is -1.03. The van der Waals surface area contributed by atoms with Crippen molar-refractivity contribution in [2.75, 3.05) is 14.2 Å².